The van der Waals surface area contributed by atoms with Crippen LogP contribution in [-0.4, -0.2) is 20.5 Å². The van der Waals surface area contributed by atoms with E-state index in [-0.39, 0.29) is 24.0 Å². The van der Waals surface area contributed by atoms with Crippen molar-refractivity contribution in [3.05, 3.63) is 71.4 Å². The van der Waals surface area contributed by atoms with E-state index in [0.717, 1.165) is 35.7 Å². The van der Waals surface area contributed by atoms with Gasteiger partial charge in [0, 0.05) is 24.3 Å². The summed E-state index contributed by atoms with van der Waals surface area (Å²) >= 11 is 0. The van der Waals surface area contributed by atoms with Gasteiger partial charge in [0.05, 0.1) is 6.54 Å². The fourth-order valence-electron chi connectivity index (χ4n) is 3.02. The second-order valence-corrected chi connectivity index (χ2v) is 6.35. The maximum Gasteiger partial charge on any atom is 0.193 e. The summed E-state index contributed by atoms with van der Waals surface area (Å²) in [5, 5.41) is 3.29. The van der Waals surface area contributed by atoms with Crippen molar-refractivity contribution in [3.63, 3.8) is 0 Å². The molecule has 0 amide bonds. The lowest BCUT2D eigenvalue weighted by atomic mass is 10.0. The van der Waals surface area contributed by atoms with Crippen LogP contribution in [-0.2, 0) is 19.4 Å². The third-order valence-electron chi connectivity index (χ3n) is 4.57. The van der Waals surface area contributed by atoms with Crippen molar-refractivity contribution in [1.29, 1.82) is 0 Å². The Bertz CT molecular complexity index is 908. The molecular formula is C21H27IN6. The highest BCUT2D eigenvalue weighted by molar-refractivity contribution is 14.0. The second kappa shape index (κ2) is 10.2. The van der Waals surface area contributed by atoms with Gasteiger partial charge >= 0.3 is 0 Å². The van der Waals surface area contributed by atoms with Crippen LogP contribution in [0.2, 0.25) is 0 Å². The third kappa shape index (κ3) is 5.09. The van der Waals surface area contributed by atoms with Gasteiger partial charge in [-0.15, -0.1) is 24.0 Å². The first-order valence-corrected chi connectivity index (χ1v) is 9.25. The number of aliphatic imine (C=N–C) groups is 1. The predicted molar refractivity (Wildman–Crippen MR) is 126 cm³/mol. The van der Waals surface area contributed by atoms with Crippen LogP contribution < -0.4 is 11.1 Å². The minimum Gasteiger partial charge on any atom is -0.370 e. The summed E-state index contributed by atoms with van der Waals surface area (Å²) in [6, 6.07) is 10.3. The van der Waals surface area contributed by atoms with Gasteiger partial charge in [0.25, 0.3) is 0 Å². The zero-order valence-corrected chi connectivity index (χ0v) is 18.8. The molecule has 0 aliphatic rings. The van der Waals surface area contributed by atoms with Gasteiger partial charge in [0.2, 0.25) is 0 Å². The molecule has 0 bridgehead atoms. The number of hydrogen-bond acceptors (Lipinski definition) is 3. The number of nitrogens with zero attached hydrogens (tertiary/aromatic N) is 4. The smallest absolute Gasteiger partial charge is 0.193 e. The zero-order valence-electron chi connectivity index (χ0n) is 16.5. The van der Waals surface area contributed by atoms with Crippen LogP contribution in [0.15, 0.2) is 53.9 Å². The number of imidazole rings is 1. The van der Waals surface area contributed by atoms with Gasteiger partial charge in [-0.1, -0.05) is 38.1 Å². The van der Waals surface area contributed by atoms with Gasteiger partial charge in [-0.3, -0.25) is 4.57 Å². The molecule has 0 aliphatic carbocycles. The lowest BCUT2D eigenvalue weighted by molar-refractivity contribution is 0.922. The number of pyridine rings is 1. The van der Waals surface area contributed by atoms with Crippen LogP contribution >= 0.6 is 24.0 Å². The van der Waals surface area contributed by atoms with E-state index in [1.807, 2.05) is 36.0 Å². The molecule has 3 N–H and O–H groups in total. The summed E-state index contributed by atoms with van der Waals surface area (Å²) in [5.74, 6) is 2.16. The summed E-state index contributed by atoms with van der Waals surface area (Å²) < 4.78 is 1.94. The number of benzene rings is 1. The van der Waals surface area contributed by atoms with E-state index < -0.39 is 0 Å². The maximum atomic E-state index is 6.13. The molecule has 2 heterocycles. The molecule has 1 aromatic carbocycles. The first kappa shape index (κ1) is 21.9. The summed E-state index contributed by atoms with van der Waals surface area (Å²) in [5.41, 5.74) is 10.7. The molecule has 7 heteroatoms. The van der Waals surface area contributed by atoms with Crippen molar-refractivity contribution in [2.24, 2.45) is 10.7 Å². The van der Waals surface area contributed by atoms with Gasteiger partial charge in [-0.25, -0.2) is 15.0 Å². The Morgan fingerprint density at radius 2 is 1.82 bits per heavy atom. The number of rotatable bonds is 6. The first-order chi connectivity index (χ1) is 13.1. The van der Waals surface area contributed by atoms with E-state index in [2.05, 4.69) is 52.3 Å². The van der Waals surface area contributed by atoms with Crippen LogP contribution in [0.1, 0.15) is 36.4 Å². The van der Waals surface area contributed by atoms with E-state index in [1.54, 1.807) is 6.20 Å². The molecular weight excluding hydrogens is 463 g/mol. The molecule has 2 aromatic heterocycles. The predicted octanol–water partition coefficient (Wildman–Crippen LogP) is 4.25. The molecule has 3 rings (SSSR count). The van der Waals surface area contributed by atoms with Crippen molar-refractivity contribution < 1.29 is 0 Å². The lowest BCUT2D eigenvalue weighted by Gasteiger charge is -2.14. The maximum absolute atomic E-state index is 6.13. The Hall–Kier alpha value is -2.42. The van der Waals surface area contributed by atoms with Crippen molar-refractivity contribution in [2.45, 2.75) is 40.2 Å². The Kier molecular flexibility index (Phi) is 7.98. The Morgan fingerprint density at radius 3 is 2.36 bits per heavy atom. The number of halogens is 1. The average molecular weight is 490 g/mol. The highest BCUT2D eigenvalue weighted by atomic mass is 127. The number of nitrogens with one attached hydrogen (secondary N) is 1. The molecule has 0 saturated carbocycles. The minimum atomic E-state index is 0. The van der Waals surface area contributed by atoms with Gasteiger partial charge in [-0.05, 0) is 42.5 Å². The van der Waals surface area contributed by atoms with Crippen LogP contribution in [0.5, 0.6) is 0 Å². The van der Waals surface area contributed by atoms with Gasteiger partial charge in [-0.2, -0.15) is 0 Å². The van der Waals surface area contributed by atoms with Gasteiger partial charge in [0.1, 0.15) is 11.6 Å². The standard InChI is InChI=1S/C21H26N6.HI/c1-4-17-7-6-8-18(5-2)20(17)26-21(22)25-14-16-9-10-19(24-13-16)27-12-11-23-15(27)3;/h6-13H,4-5,14H2,1-3H3,(H3,22,25,26);1H. The SMILES string of the molecule is CCc1cccc(CC)c1NC(N)=NCc1ccc(-n2ccnc2C)nc1.I. The third-order valence-corrected chi connectivity index (χ3v) is 4.57. The summed E-state index contributed by atoms with van der Waals surface area (Å²) in [4.78, 5) is 13.2. The molecule has 0 aliphatic heterocycles. The molecule has 0 spiro atoms. The number of para-hydroxylation sites is 1. The number of anilines is 1. The van der Waals surface area contributed by atoms with Crippen LogP contribution in [0, 0.1) is 6.92 Å². The number of nitrogens with two attached hydrogens (primary N) is 1. The van der Waals surface area contributed by atoms with Gasteiger partial charge in [0.15, 0.2) is 5.96 Å². The van der Waals surface area contributed by atoms with Gasteiger partial charge < -0.3 is 11.1 Å². The topological polar surface area (TPSA) is 81.1 Å². The summed E-state index contributed by atoms with van der Waals surface area (Å²) in [6.07, 6.45) is 7.38. The molecule has 0 atom stereocenters. The van der Waals surface area contributed by atoms with E-state index in [0.29, 0.717) is 12.5 Å². The Balaban J connectivity index is 0.00000280. The molecule has 0 radical (unpaired) electrons. The van der Waals surface area contributed by atoms with E-state index in [4.69, 9.17) is 5.73 Å². The molecule has 28 heavy (non-hydrogen) atoms. The second-order valence-electron chi connectivity index (χ2n) is 6.35. The Labute approximate surface area is 183 Å². The number of aromatic nitrogens is 3. The molecule has 6 nitrogen and oxygen atoms in total. The lowest BCUT2D eigenvalue weighted by Crippen LogP contribution is -2.24. The average Bonchev–Trinajstić information content (AvgIpc) is 3.13. The fourth-order valence-corrected chi connectivity index (χ4v) is 3.02. The van der Waals surface area contributed by atoms with E-state index >= 15 is 0 Å². The largest absolute Gasteiger partial charge is 0.370 e. The number of hydrogen-bond donors (Lipinski definition) is 2. The van der Waals surface area contributed by atoms with Crippen molar-refractivity contribution in [1.82, 2.24) is 14.5 Å². The van der Waals surface area contributed by atoms with Crippen molar-refractivity contribution in [3.8, 4) is 5.82 Å². The summed E-state index contributed by atoms with van der Waals surface area (Å²) in [6.45, 7) is 6.71. The van der Waals surface area contributed by atoms with E-state index in [1.165, 1.54) is 11.1 Å². The van der Waals surface area contributed by atoms with Crippen molar-refractivity contribution in [2.75, 3.05) is 5.32 Å². The van der Waals surface area contributed by atoms with Crippen LogP contribution in [0.25, 0.3) is 5.82 Å². The highest BCUT2D eigenvalue weighted by Crippen LogP contribution is 2.22. The first-order valence-electron chi connectivity index (χ1n) is 9.25. The summed E-state index contributed by atoms with van der Waals surface area (Å²) in [7, 11) is 0. The highest BCUT2D eigenvalue weighted by Gasteiger charge is 2.07. The van der Waals surface area contributed by atoms with E-state index in [9.17, 15) is 0 Å². The normalized spacial score (nSPS) is 11.2. The zero-order chi connectivity index (χ0) is 19.2. The quantitative estimate of drug-likeness (QED) is 0.308. The number of aryl methyl sites for hydroxylation is 3. The molecule has 148 valence electrons. The molecule has 0 fully saturated rings. The monoisotopic (exact) mass is 490 g/mol. The Morgan fingerprint density at radius 1 is 1.11 bits per heavy atom. The number of guanidine groups is 1. The minimum absolute atomic E-state index is 0. The molecule has 3 aromatic rings. The van der Waals surface area contributed by atoms with Crippen LogP contribution in [0.4, 0.5) is 5.69 Å². The molecule has 0 saturated heterocycles. The molecule has 0 unspecified atom stereocenters. The fraction of sp³-hybridized carbons (Fsp3) is 0.286. The van der Waals surface area contributed by atoms with Crippen molar-refractivity contribution >= 4 is 35.6 Å². The van der Waals surface area contributed by atoms with Crippen LogP contribution in [0.3, 0.4) is 0 Å².